The summed E-state index contributed by atoms with van der Waals surface area (Å²) < 4.78 is 35.5. The van der Waals surface area contributed by atoms with Gasteiger partial charge in [0.15, 0.2) is 0 Å². The van der Waals surface area contributed by atoms with Crippen LogP contribution in [0.2, 0.25) is 0 Å². The highest BCUT2D eigenvalue weighted by atomic mass is 32.2. The van der Waals surface area contributed by atoms with E-state index in [1.807, 2.05) is 0 Å². The van der Waals surface area contributed by atoms with Crippen LogP contribution in [0, 0.1) is 11.8 Å². The molecule has 0 bridgehead atoms. The summed E-state index contributed by atoms with van der Waals surface area (Å²) in [6.07, 6.45) is 2.52. The fraction of sp³-hybridized carbons (Fsp3) is 0.889. The Balaban J connectivity index is 2.29. The first-order chi connectivity index (χ1) is 6.90. The SMILES string of the molecule is O=C(O)C1CCCC1CCSC(F)(F)F. The molecule has 0 spiro atoms. The molecule has 1 aliphatic rings. The average Bonchev–Trinajstić information content (AvgIpc) is 2.49. The van der Waals surface area contributed by atoms with Crippen LogP contribution in [-0.2, 0) is 4.79 Å². The monoisotopic (exact) mass is 242 g/mol. The highest BCUT2D eigenvalue weighted by Gasteiger charge is 2.34. The van der Waals surface area contributed by atoms with Gasteiger partial charge in [0.1, 0.15) is 0 Å². The Labute approximate surface area is 90.2 Å². The Bertz CT molecular complexity index is 230. The number of alkyl halides is 3. The zero-order valence-electron chi connectivity index (χ0n) is 8.09. The number of carboxylic acid groups (broad SMARTS) is 1. The lowest BCUT2D eigenvalue weighted by Gasteiger charge is -2.15. The summed E-state index contributed by atoms with van der Waals surface area (Å²) >= 11 is -0.0588. The van der Waals surface area contributed by atoms with Crippen LogP contribution in [0.4, 0.5) is 13.2 Å². The zero-order chi connectivity index (χ0) is 11.5. The second-order valence-electron chi connectivity index (χ2n) is 3.72. The molecule has 1 rings (SSSR count). The molecule has 1 saturated carbocycles. The Kier molecular flexibility index (Phi) is 4.31. The summed E-state index contributed by atoms with van der Waals surface area (Å²) in [5.74, 6) is -1.40. The van der Waals surface area contributed by atoms with E-state index in [0.717, 1.165) is 12.8 Å². The van der Waals surface area contributed by atoms with Crippen molar-refractivity contribution in [2.45, 2.75) is 31.2 Å². The molecule has 88 valence electrons. The molecule has 15 heavy (non-hydrogen) atoms. The first-order valence-corrected chi connectivity index (χ1v) is 5.82. The molecule has 2 atom stereocenters. The van der Waals surface area contributed by atoms with Gasteiger partial charge in [-0.2, -0.15) is 13.2 Å². The summed E-state index contributed by atoms with van der Waals surface area (Å²) in [4.78, 5) is 10.7. The quantitative estimate of drug-likeness (QED) is 0.823. The van der Waals surface area contributed by atoms with E-state index < -0.39 is 17.4 Å². The molecule has 0 aromatic heterocycles. The number of halogens is 3. The molecule has 1 aliphatic carbocycles. The molecule has 0 amide bonds. The summed E-state index contributed by atoms with van der Waals surface area (Å²) in [6, 6.07) is 0. The molecule has 6 heteroatoms. The molecule has 0 saturated heterocycles. The summed E-state index contributed by atoms with van der Waals surface area (Å²) in [5, 5.41) is 8.81. The fourth-order valence-electron chi connectivity index (χ4n) is 2.03. The Hall–Kier alpha value is -0.390. The number of rotatable bonds is 4. The van der Waals surface area contributed by atoms with Crippen molar-refractivity contribution in [1.82, 2.24) is 0 Å². The van der Waals surface area contributed by atoms with Crippen LogP contribution in [0.25, 0.3) is 0 Å². The molecular weight excluding hydrogens is 229 g/mol. The predicted molar refractivity (Wildman–Crippen MR) is 51.6 cm³/mol. The Morgan fingerprint density at radius 2 is 2.07 bits per heavy atom. The third kappa shape index (κ3) is 4.32. The highest BCUT2D eigenvalue weighted by Crippen LogP contribution is 2.37. The van der Waals surface area contributed by atoms with Crippen molar-refractivity contribution in [1.29, 1.82) is 0 Å². The smallest absolute Gasteiger partial charge is 0.441 e. The first-order valence-electron chi connectivity index (χ1n) is 4.83. The molecule has 2 unspecified atom stereocenters. The molecule has 1 N–H and O–H groups in total. The van der Waals surface area contributed by atoms with E-state index in [1.165, 1.54) is 0 Å². The van der Waals surface area contributed by atoms with Gasteiger partial charge in [-0.25, -0.2) is 0 Å². The van der Waals surface area contributed by atoms with Crippen LogP contribution >= 0.6 is 11.8 Å². The average molecular weight is 242 g/mol. The largest absolute Gasteiger partial charge is 0.481 e. The summed E-state index contributed by atoms with van der Waals surface area (Å²) in [5.41, 5.74) is -4.20. The van der Waals surface area contributed by atoms with Crippen LogP contribution in [0.5, 0.6) is 0 Å². The van der Waals surface area contributed by atoms with Crippen molar-refractivity contribution in [3.8, 4) is 0 Å². The number of hydrogen-bond donors (Lipinski definition) is 1. The lowest BCUT2D eigenvalue weighted by Crippen LogP contribution is -2.19. The molecule has 2 nitrogen and oxygen atoms in total. The van der Waals surface area contributed by atoms with E-state index >= 15 is 0 Å². The van der Waals surface area contributed by atoms with E-state index in [1.54, 1.807) is 0 Å². The van der Waals surface area contributed by atoms with Gasteiger partial charge in [-0.1, -0.05) is 18.2 Å². The van der Waals surface area contributed by atoms with Crippen molar-refractivity contribution < 1.29 is 23.1 Å². The van der Waals surface area contributed by atoms with Gasteiger partial charge in [-0.05, 0) is 25.2 Å². The van der Waals surface area contributed by atoms with Crippen LogP contribution in [0.15, 0.2) is 0 Å². The van der Waals surface area contributed by atoms with E-state index in [2.05, 4.69) is 0 Å². The van der Waals surface area contributed by atoms with Gasteiger partial charge in [0, 0.05) is 5.75 Å². The lowest BCUT2D eigenvalue weighted by atomic mass is 9.94. The van der Waals surface area contributed by atoms with Gasteiger partial charge in [0.05, 0.1) is 5.92 Å². The number of thioether (sulfide) groups is 1. The van der Waals surface area contributed by atoms with Gasteiger partial charge in [-0.15, -0.1) is 0 Å². The van der Waals surface area contributed by atoms with Gasteiger partial charge < -0.3 is 5.11 Å². The maximum atomic E-state index is 11.8. The number of carbonyl (C=O) groups is 1. The minimum atomic E-state index is -4.20. The predicted octanol–water partition coefficient (Wildman–Crippen LogP) is 3.13. The second kappa shape index (κ2) is 5.09. The highest BCUT2D eigenvalue weighted by molar-refractivity contribution is 8.00. The van der Waals surface area contributed by atoms with E-state index in [9.17, 15) is 18.0 Å². The van der Waals surface area contributed by atoms with E-state index in [-0.39, 0.29) is 23.4 Å². The van der Waals surface area contributed by atoms with Crippen molar-refractivity contribution >= 4 is 17.7 Å². The number of hydrogen-bond acceptors (Lipinski definition) is 2. The molecule has 0 aromatic carbocycles. The van der Waals surface area contributed by atoms with E-state index in [0.29, 0.717) is 12.8 Å². The molecule has 1 fully saturated rings. The van der Waals surface area contributed by atoms with E-state index in [4.69, 9.17) is 5.11 Å². The van der Waals surface area contributed by atoms with Gasteiger partial charge in [-0.3, -0.25) is 4.79 Å². The van der Waals surface area contributed by atoms with Crippen LogP contribution in [0.1, 0.15) is 25.7 Å². The van der Waals surface area contributed by atoms with Crippen molar-refractivity contribution in [3.63, 3.8) is 0 Å². The van der Waals surface area contributed by atoms with Crippen molar-refractivity contribution in [3.05, 3.63) is 0 Å². The minimum absolute atomic E-state index is 0.0298. The maximum absolute atomic E-state index is 11.8. The topological polar surface area (TPSA) is 37.3 Å². The van der Waals surface area contributed by atoms with Crippen LogP contribution < -0.4 is 0 Å². The summed E-state index contributed by atoms with van der Waals surface area (Å²) in [6.45, 7) is 0. The van der Waals surface area contributed by atoms with Crippen molar-refractivity contribution in [2.24, 2.45) is 11.8 Å². The minimum Gasteiger partial charge on any atom is -0.481 e. The molecule has 0 aliphatic heterocycles. The third-order valence-corrected chi connectivity index (χ3v) is 3.50. The maximum Gasteiger partial charge on any atom is 0.441 e. The standard InChI is InChI=1S/C9H13F3O2S/c10-9(11,12)15-5-4-6-2-1-3-7(6)8(13)14/h6-7H,1-5H2,(H,13,14). The van der Waals surface area contributed by atoms with Gasteiger partial charge >= 0.3 is 11.5 Å². The lowest BCUT2D eigenvalue weighted by molar-refractivity contribution is -0.142. The summed E-state index contributed by atoms with van der Waals surface area (Å²) in [7, 11) is 0. The Morgan fingerprint density at radius 1 is 1.40 bits per heavy atom. The molecule has 0 heterocycles. The fourth-order valence-corrected chi connectivity index (χ4v) is 2.69. The number of carboxylic acids is 1. The molecular formula is C9H13F3O2S. The van der Waals surface area contributed by atoms with Crippen LogP contribution in [0.3, 0.4) is 0 Å². The molecule has 0 radical (unpaired) electrons. The van der Waals surface area contributed by atoms with Crippen LogP contribution in [-0.4, -0.2) is 22.3 Å². The van der Waals surface area contributed by atoms with Gasteiger partial charge in [0.25, 0.3) is 0 Å². The second-order valence-corrected chi connectivity index (χ2v) is 4.88. The molecule has 0 aromatic rings. The normalized spacial score (nSPS) is 26.9. The Morgan fingerprint density at radius 3 is 2.60 bits per heavy atom. The zero-order valence-corrected chi connectivity index (χ0v) is 8.90. The van der Waals surface area contributed by atoms with Crippen molar-refractivity contribution in [2.75, 3.05) is 5.75 Å². The number of aliphatic carboxylic acids is 1. The third-order valence-electron chi connectivity index (χ3n) is 2.73. The first kappa shape index (κ1) is 12.7. The van der Waals surface area contributed by atoms with Gasteiger partial charge in [0.2, 0.25) is 0 Å².